The summed E-state index contributed by atoms with van der Waals surface area (Å²) in [5.74, 6) is 0. The molecule has 0 N–H and O–H groups in total. The van der Waals surface area contributed by atoms with Crippen molar-refractivity contribution < 1.29 is 9.53 Å². The number of benzene rings is 2. The van der Waals surface area contributed by atoms with E-state index < -0.39 is 0 Å². The Labute approximate surface area is 127 Å². The van der Waals surface area contributed by atoms with E-state index in [1.807, 2.05) is 42.5 Å². The molecule has 21 heavy (non-hydrogen) atoms. The van der Waals surface area contributed by atoms with Gasteiger partial charge in [0, 0.05) is 22.2 Å². The minimum Gasteiger partial charge on any atom is -0.449 e. The van der Waals surface area contributed by atoms with E-state index in [1.54, 1.807) is 19.2 Å². The van der Waals surface area contributed by atoms with Crippen molar-refractivity contribution in [2.24, 2.45) is 0 Å². The summed E-state index contributed by atoms with van der Waals surface area (Å²) in [7, 11) is 0. The molecule has 0 bridgehead atoms. The molecule has 0 radical (unpaired) electrons. The van der Waals surface area contributed by atoms with E-state index in [0.29, 0.717) is 11.6 Å². The maximum absolute atomic E-state index is 12.1. The molecule has 106 valence electrons. The molecule has 0 saturated carbocycles. The Morgan fingerprint density at radius 1 is 1.19 bits per heavy atom. The van der Waals surface area contributed by atoms with Crippen molar-refractivity contribution in [2.75, 3.05) is 6.61 Å². The van der Waals surface area contributed by atoms with Crippen molar-refractivity contribution >= 4 is 28.6 Å². The number of aromatic nitrogens is 1. The van der Waals surface area contributed by atoms with Gasteiger partial charge in [-0.3, -0.25) is 4.57 Å². The molecule has 0 aliphatic heterocycles. The zero-order valence-electron chi connectivity index (χ0n) is 11.5. The van der Waals surface area contributed by atoms with E-state index in [-0.39, 0.29) is 6.09 Å². The van der Waals surface area contributed by atoms with E-state index >= 15 is 0 Å². The second-order valence-corrected chi connectivity index (χ2v) is 5.08. The first-order valence-electron chi connectivity index (χ1n) is 6.74. The molecule has 1 heterocycles. The molecule has 4 heteroatoms. The number of carbonyl (C=O) groups excluding carboxylic acids is 1. The van der Waals surface area contributed by atoms with E-state index in [1.165, 1.54) is 4.57 Å². The summed E-state index contributed by atoms with van der Waals surface area (Å²) in [6, 6.07) is 15.4. The Kier molecular flexibility index (Phi) is 3.67. The van der Waals surface area contributed by atoms with Crippen LogP contribution in [0.5, 0.6) is 0 Å². The summed E-state index contributed by atoms with van der Waals surface area (Å²) in [6.07, 6.45) is 1.42. The van der Waals surface area contributed by atoms with Crippen molar-refractivity contribution in [1.29, 1.82) is 0 Å². The molecule has 0 atom stereocenters. The third kappa shape index (κ3) is 2.52. The largest absolute Gasteiger partial charge is 0.449 e. The number of hydrogen-bond donors (Lipinski definition) is 0. The number of fused-ring (bicyclic) bond motifs is 1. The van der Waals surface area contributed by atoms with Crippen LogP contribution >= 0.6 is 11.6 Å². The molecule has 0 amide bonds. The fourth-order valence-corrected chi connectivity index (χ4v) is 2.57. The van der Waals surface area contributed by atoms with Crippen LogP contribution in [0.2, 0.25) is 5.02 Å². The Hall–Kier alpha value is -2.26. The lowest BCUT2D eigenvalue weighted by Crippen LogP contribution is -2.11. The molecule has 0 aliphatic rings. The minimum atomic E-state index is -0.382. The molecule has 3 aromatic rings. The Morgan fingerprint density at radius 2 is 1.95 bits per heavy atom. The van der Waals surface area contributed by atoms with Crippen LogP contribution in [0.4, 0.5) is 4.79 Å². The number of hydrogen-bond acceptors (Lipinski definition) is 2. The molecular weight excluding hydrogens is 286 g/mol. The first-order valence-corrected chi connectivity index (χ1v) is 7.11. The molecule has 0 fully saturated rings. The molecule has 3 nitrogen and oxygen atoms in total. The van der Waals surface area contributed by atoms with Crippen molar-refractivity contribution in [1.82, 2.24) is 4.57 Å². The monoisotopic (exact) mass is 299 g/mol. The van der Waals surface area contributed by atoms with Gasteiger partial charge in [-0.1, -0.05) is 41.9 Å². The number of carbonyl (C=O) groups is 1. The Morgan fingerprint density at radius 3 is 2.67 bits per heavy atom. The normalized spacial score (nSPS) is 10.8. The van der Waals surface area contributed by atoms with Gasteiger partial charge in [0.05, 0.1) is 12.1 Å². The average molecular weight is 300 g/mol. The van der Waals surface area contributed by atoms with E-state index in [2.05, 4.69) is 0 Å². The van der Waals surface area contributed by atoms with Crippen molar-refractivity contribution in [3.8, 4) is 11.1 Å². The molecular formula is C17H14ClNO2. The van der Waals surface area contributed by atoms with Crippen LogP contribution < -0.4 is 0 Å². The van der Waals surface area contributed by atoms with E-state index in [4.69, 9.17) is 16.3 Å². The fraction of sp³-hybridized carbons (Fsp3) is 0.118. The Bertz CT molecular complexity index is 793. The third-order valence-corrected chi connectivity index (χ3v) is 3.55. The maximum Gasteiger partial charge on any atom is 0.418 e. The number of ether oxygens (including phenoxy) is 1. The predicted molar refractivity (Wildman–Crippen MR) is 84.8 cm³/mol. The van der Waals surface area contributed by atoms with Gasteiger partial charge in [0.1, 0.15) is 0 Å². The number of halogens is 1. The summed E-state index contributed by atoms with van der Waals surface area (Å²) >= 11 is 6.10. The van der Waals surface area contributed by atoms with Gasteiger partial charge >= 0.3 is 6.09 Å². The van der Waals surface area contributed by atoms with Gasteiger partial charge in [0.15, 0.2) is 0 Å². The quantitative estimate of drug-likeness (QED) is 0.669. The first-order chi connectivity index (χ1) is 10.2. The second-order valence-electron chi connectivity index (χ2n) is 4.64. The average Bonchev–Trinajstić information content (AvgIpc) is 2.87. The zero-order chi connectivity index (χ0) is 14.8. The van der Waals surface area contributed by atoms with Crippen LogP contribution in [-0.4, -0.2) is 17.3 Å². The van der Waals surface area contributed by atoms with Crippen LogP contribution in [0.1, 0.15) is 6.92 Å². The SMILES string of the molecule is CCOC(=O)n1cc(-c2ccccc2)c2cc(Cl)ccc21. The van der Waals surface area contributed by atoms with Gasteiger partial charge in [-0.15, -0.1) is 0 Å². The van der Waals surface area contributed by atoms with Crippen LogP contribution in [0.3, 0.4) is 0 Å². The van der Waals surface area contributed by atoms with Gasteiger partial charge in [-0.2, -0.15) is 0 Å². The van der Waals surface area contributed by atoms with Gasteiger partial charge in [-0.25, -0.2) is 4.79 Å². The van der Waals surface area contributed by atoms with Crippen molar-refractivity contribution in [3.05, 3.63) is 59.8 Å². The molecule has 0 aliphatic carbocycles. The maximum atomic E-state index is 12.1. The predicted octanol–water partition coefficient (Wildman–Crippen LogP) is 4.97. The summed E-state index contributed by atoms with van der Waals surface area (Å²) in [5, 5.41) is 1.57. The van der Waals surface area contributed by atoms with Crippen LogP contribution in [0, 0.1) is 0 Å². The summed E-state index contributed by atoms with van der Waals surface area (Å²) in [5.41, 5.74) is 2.78. The van der Waals surface area contributed by atoms with Crippen LogP contribution in [0.25, 0.3) is 22.0 Å². The lowest BCUT2D eigenvalue weighted by molar-refractivity contribution is 0.155. The number of nitrogens with zero attached hydrogens (tertiary/aromatic N) is 1. The fourth-order valence-electron chi connectivity index (χ4n) is 2.39. The molecule has 2 aromatic carbocycles. The molecule has 0 unspecified atom stereocenters. The molecule has 1 aromatic heterocycles. The highest BCUT2D eigenvalue weighted by Crippen LogP contribution is 2.32. The minimum absolute atomic E-state index is 0.340. The lowest BCUT2D eigenvalue weighted by Gasteiger charge is -2.03. The summed E-state index contributed by atoms with van der Waals surface area (Å²) < 4.78 is 6.63. The molecule has 0 saturated heterocycles. The molecule has 0 spiro atoms. The van der Waals surface area contributed by atoms with Crippen LogP contribution in [0.15, 0.2) is 54.7 Å². The van der Waals surface area contributed by atoms with Gasteiger partial charge in [0.2, 0.25) is 0 Å². The van der Waals surface area contributed by atoms with Crippen molar-refractivity contribution in [2.45, 2.75) is 6.92 Å². The van der Waals surface area contributed by atoms with Gasteiger partial charge < -0.3 is 4.74 Å². The highest BCUT2D eigenvalue weighted by Gasteiger charge is 2.15. The topological polar surface area (TPSA) is 31.2 Å². The first kappa shape index (κ1) is 13.7. The van der Waals surface area contributed by atoms with Crippen molar-refractivity contribution in [3.63, 3.8) is 0 Å². The van der Waals surface area contributed by atoms with Crippen LogP contribution in [-0.2, 0) is 4.74 Å². The zero-order valence-corrected chi connectivity index (χ0v) is 12.3. The summed E-state index contributed by atoms with van der Waals surface area (Å²) in [4.78, 5) is 12.1. The standard InChI is InChI=1S/C17H14ClNO2/c1-2-21-17(20)19-11-15(12-6-4-3-5-7-12)14-10-13(18)8-9-16(14)19/h3-11H,2H2,1H3. The lowest BCUT2D eigenvalue weighted by atomic mass is 10.1. The van der Waals surface area contributed by atoms with E-state index in [9.17, 15) is 4.79 Å². The third-order valence-electron chi connectivity index (χ3n) is 3.32. The highest BCUT2D eigenvalue weighted by molar-refractivity contribution is 6.31. The van der Waals surface area contributed by atoms with Gasteiger partial charge in [-0.05, 0) is 30.7 Å². The van der Waals surface area contributed by atoms with Gasteiger partial charge in [0.25, 0.3) is 0 Å². The van der Waals surface area contributed by atoms with E-state index in [0.717, 1.165) is 22.0 Å². The Balaban J connectivity index is 2.25. The second kappa shape index (κ2) is 5.62. The molecule has 3 rings (SSSR count). The summed E-state index contributed by atoms with van der Waals surface area (Å²) in [6.45, 7) is 2.13. The smallest absolute Gasteiger partial charge is 0.418 e. The number of rotatable bonds is 2. The highest BCUT2D eigenvalue weighted by atomic mass is 35.5.